The smallest absolute Gasteiger partial charge is 0.226 e. The summed E-state index contributed by atoms with van der Waals surface area (Å²) >= 11 is 0. The van der Waals surface area contributed by atoms with Gasteiger partial charge in [0.15, 0.2) is 0 Å². The van der Waals surface area contributed by atoms with Crippen molar-refractivity contribution in [3.8, 4) is 0 Å². The van der Waals surface area contributed by atoms with Crippen molar-refractivity contribution in [2.45, 2.75) is 26.2 Å². The summed E-state index contributed by atoms with van der Waals surface area (Å²) in [5.74, 6) is 1.40. The van der Waals surface area contributed by atoms with E-state index in [1.807, 2.05) is 24.4 Å². The Morgan fingerprint density at radius 1 is 1.43 bits per heavy atom. The van der Waals surface area contributed by atoms with Crippen LogP contribution in [-0.2, 0) is 11.2 Å². The van der Waals surface area contributed by atoms with Crippen LogP contribution in [0.2, 0.25) is 0 Å². The molecule has 7 nitrogen and oxygen atoms in total. The van der Waals surface area contributed by atoms with Gasteiger partial charge in [0.05, 0.1) is 6.42 Å². The summed E-state index contributed by atoms with van der Waals surface area (Å²) in [7, 11) is 0. The number of carbonyl (C=O) groups excluding carboxylic acids is 1. The third kappa shape index (κ3) is 4.06. The molecule has 0 aromatic carbocycles. The monoisotopic (exact) mass is 315 g/mol. The van der Waals surface area contributed by atoms with Crippen LogP contribution < -0.4 is 10.2 Å². The summed E-state index contributed by atoms with van der Waals surface area (Å²) in [5, 5.41) is 10.4. The zero-order chi connectivity index (χ0) is 16.1. The molecular formula is C16H21N5O2. The molecular weight excluding hydrogens is 294 g/mol. The number of rotatable bonds is 5. The van der Waals surface area contributed by atoms with E-state index in [0.717, 1.165) is 31.7 Å². The van der Waals surface area contributed by atoms with Crippen LogP contribution in [0.15, 0.2) is 29.0 Å². The van der Waals surface area contributed by atoms with Gasteiger partial charge >= 0.3 is 0 Å². The van der Waals surface area contributed by atoms with Crippen molar-refractivity contribution < 1.29 is 9.42 Å². The van der Waals surface area contributed by atoms with E-state index in [9.17, 15) is 4.79 Å². The maximum atomic E-state index is 12.0. The molecule has 1 aliphatic rings. The predicted octanol–water partition coefficient (Wildman–Crippen LogP) is 1.35. The lowest BCUT2D eigenvalue weighted by molar-refractivity contribution is -0.120. The van der Waals surface area contributed by atoms with E-state index in [-0.39, 0.29) is 12.3 Å². The van der Waals surface area contributed by atoms with Gasteiger partial charge in [0, 0.05) is 25.8 Å². The largest absolute Gasteiger partial charge is 0.356 e. The average Bonchev–Trinajstić information content (AvgIpc) is 2.99. The number of piperidine rings is 1. The lowest BCUT2D eigenvalue weighted by Gasteiger charge is -2.33. The van der Waals surface area contributed by atoms with E-state index in [4.69, 9.17) is 0 Å². The SMILES string of the molecule is Cc1nonc1CC(=O)NCC1CCCN(c2ccccn2)C1. The molecule has 122 valence electrons. The molecule has 1 fully saturated rings. The number of anilines is 1. The number of hydrogen-bond donors (Lipinski definition) is 1. The summed E-state index contributed by atoms with van der Waals surface area (Å²) < 4.78 is 4.61. The van der Waals surface area contributed by atoms with Crippen LogP contribution in [0.25, 0.3) is 0 Å². The van der Waals surface area contributed by atoms with Gasteiger partial charge in [-0.25, -0.2) is 9.61 Å². The van der Waals surface area contributed by atoms with Crippen molar-refractivity contribution in [1.82, 2.24) is 20.6 Å². The highest BCUT2D eigenvalue weighted by Crippen LogP contribution is 2.20. The average molecular weight is 315 g/mol. The number of nitrogens with one attached hydrogen (secondary N) is 1. The second kappa shape index (κ2) is 7.21. The molecule has 2 aromatic rings. The molecule has 3 heterocycles. The molecule has 1 unspecified atom stereocenters. The number of carbonyl (C=O) groups is 1. The third-order valence-corrected chi connectivity index (χ3v) is 4.15. The lowest BCUT2D eigenvalue weighted by Crippen LogP contribution is -2.41. The first-order chi connectivity index (χ1) is 11.2. The van der Waals surface area contributed by atoms with Crippen molar-refractivity contribution in [3.63, 3.8) is 0 Å². The van der Waals surface area contributed by atoms with Gasteiger partial charge in [0.25, 0.3) is 0 Å². The molecule has 0 bridgehead atoms. The standard InChI is InChI=1S/C16H21N5O2/c1-12-14(20-23-19-12)9-16(22)18-10-13-5-4-8-21(11-13)15-6-2-3-7-17-15/h2-3,6-7,13H,4-5,8-11H2,1H3,(H,18,22). The summed E-state index contributed by atoms with van der Waals surface area (Å²) in [6, 6.07) is 5.95. The third-order valence-electron chi connectivity index (χ3n) is 4.15. The first kappa shape index (κ1) is 15.5. The Morgan fingerprint density at radius 2 is 2.35 bits per heavy atom. The molecule has 0 saturated carbocycles. The van der Waals surface area contributed by atoms with Gasteiger partial charge in [-0.05, 0) is 37.8 Å². The Morgan fingerprint density at radius 3 is 3.09 bits per heavy atom. The van der Waals surface area contributed by atoms with Gasteiger partial charge in [-0.2, -0.15) is 0 Å². The molecule has 1 aliphatic heterocycles. The number of aromatic nitrogens is 3. The topological polar surface area (TPSA) is 84.1 Å². The highest BCUT2D eigenvalue weighted by Gasteiger charge is 2.21. The van der Waals surface area contributed by atoms with Gasteiger partial charge in [-0.1, -0.05) is 16.4 Å². The summed E-state index contributed by atoms with van der Waals surface area (Å²) in [4.78, 5) is 18.7. The molecule has 0 aliphatic carbocycles. The summed E-state index contributed by atoms with van der Waals surface area (Å²) in [6.45, 7) is 4.39. The highest BCUT2D eigenvalue weighted by atomic mass is 16.6. The van der Waals surface area contributed by atoms with Crippen LogP contribution in [0.1, 0.15) is 24.2 Å². The maximum absolute atomic E-state index is 12.0. The molecule has 7 heteroatoms. The highest BCUT2D eigenvalue weighted by molar-refractivity contribution is 5.78. The number of amides is 1. The Kier molecular flexibility index (Phi) is 4.85. The fourth-order valence-corrected chi connectivity index (χ4v) is 2.86. The van der Waals surface area contributed by atoms with Crippen LogP contribution in [0.3, 0.4) is 0 Å². The molecule has 0 radical (unpaired) electrons. The normalized spacial score (nSPS) is 18.0. The van der Waals surface area contributed by atoms with E-state index in [0.29, 0.717) is 23.9 Å². The summed E-state index contributed by atoms with van der Waals surface area (Å²) in [5.41, 5.74) is 1.26. The summed E-state index contributed by atoms with van der Waals surface area (Å²) in [6.07, 6.45) is 4.26. The fourth-order valence-electron chi connectivity index (χ4n) is 2.86. The predicted molar refractivity (Wildman–Crippen MR) is 84.9 cm³/mol. The first-order valence-electron chi connectivity index (χ1n) is 7.93. The van der Waals surface area contributed by atoms with E-state index in [1.165, 1.54) is 0 Å². The van der Waals surface area contributed by atoms with E-state index in [2.05, 4.69) is 30.1 Å². The van der Waals surface area contributed by atoms with Crippen molar-refractivity contribution in [3.05, 3.63) is 35.8 Å². The van der Waals surface area contributed by atoms with Crippen LogP contribution in [0.4, 0.5) is 5.82 Å². The number of aryl methyl sites for hydroxylation is 1. The maximum Gasteiger partial charge on any atom is 0.226 e. The van der Waals surface area contributed by atoms with Gasteiger partial charge in [-0.15, -0.1) is 0 Å². The fraction of sp³-hybridized carbons (Fsp3) is 0.500. The van der Waals surface area contributed by atoms with Gasteiger partial charge in [0.1, 0.15) is 17.2 Å². The Balaban J connectivity index is 1.48. The van der Waals surface area contributed by atoms with Gasteiger partial charge in [-0.3, -0.25) is 4.79 Å². The molecule has 1 N–H and O–H groups in total. The second-order valence-electron chi connectivity index (χ2n) is 5.92. The Labute approximate surface area is 135 Å². The number of nitrogens with zero attached hydrogens (tertiary/aromatic N) is 4. The van der Waals surface area contributed by atoms with E-state index < -0.39 is 0 Å². The Bertz CT molecular complexity index is 643. The van der Waals surface area contributed by atoms with Crippen LogP contribution in [0, 0.1) is 12.8 Å². The number of pyridine rings is 1. The van der Waals surface area contributed by atoms with Crippen LogP contribution in [-0.4, -0.2) is 40.8 Å². The lowest BCUT2D eigenvalue weighted by atomic mass is 9.98. The van der Waals surface area contributed by atoms with E-state index >= 15 is 0 Å². The van der Waals surface area contributed by atoms with Gasteiger partial charge in [0.2, 0.25) is 5.91 Å². The molecule has 1 saturated heterocycles. The minimum Gasteiger partial charge on any atom is -0.356 e. The molecule has 0 spiro atoms. The van der Waals surface area contributed by atoms with Crippen molar-refractivity contribution in [2.24, 2.45) is 5.92 Å². The minimum atomic E-state index is -0.0428. The quantitative estimate of drug-likeness (QED) is 0.896. The first-order valence-corrected chi connectivity index (χ1v) is 7.93. The second-order valence-corrected chi connectivity index (χ2v) is 5.92. The zero-order valence-electron chi connectivity index (χ0n) is 13.2. The van der Waals surface area contributed by atoms with Crippen molar-refractivity contribution in [2.75, 3.05) is 24.5 Å². The van der Waals surface area contributed by atoms with Gasteiger partial charge < -0.3 is 10.2 Å². The number of hydrogen-bond acceptors (Lipinski definition) is 6. The van der Waals surface area contributed by atoms with Crippen LogP contribution in [0.5, 0.6) is 0 Å². The molecule has 1 amide bonds. The Hall–Kier alpha value is -2.44. The molecule has 23 heavy (non-hydrogen) atoms. The van der Waals surface area contributed by atoms with Crippen molar-refractivity contribution in [1.29, 1.82) is 0 Å². The molecule has 2 aromatic heterocycles. The van der Waals surface area contributed by atoms with Crippen LogP contribution >= 0.6 is 0 Å². The van der Waals surface area contributed by atoms with Crippen molar-refractivity contribution >= 4 is 11.7 Å². The van der Waals surface area contributed by atoms with E-state index in [1.54, 1.807) is 6.92 Å². The zero-order valence-corrected chi connectivity index (χ0v) is 13.2. The molecule has 1 atom stereocenters. The minimum absolute atomic E-state index is 0.0428. The molecule has 3 rings (SSSR count).